The van der Waals surface area contributed by atoms with Gasteiger partial charge in [-0.25, -0.2) is 13.4 Å². The van der Waals surface area contributed by atoms with Crippen molar-refractivity contribution in [3.8, 4) is 11.6 Å². The SMILES string of the molecule is C=C[C@@H]1C[C@]1(CC(=O)[C@@H]1C[C@@H]2CN1C(=O)[C@H](C1CCCC1)CC(=O)N1CC[C@H](C1)OCCC/C=C/c1cc3ccc(OC)cc3nc1O2)C(=O)NS(=O)(=O)C1CC1. The Labute approximate surface area is 334 Å². The second kappa shape index (κ2) is 16.2. The molecule has 5 fully saturated rings. The van der Waals surface area contributed by atoms with E-state index in [1.165, 1.54) is 0 Å². The molecule has 1 aromatic carbocycles. The molecule has 306 valence electrons. The van der Waals surface area contributed by atoms with Crippen LogP contribution < -0.4 is 14.2 Å². The molecule has 8 rings (SSSR count). The first kappa shape index (κ1) is 39.5. The van der Waals surface area contributed by atoms with Crippen LogP contribution in [-0.4, -0.2) is 104 Å². The Morgan fingerprint density at radius 2 is 1.88 bits per heavy atom. The van der Waals surface area contributed by atoms with Gasteiger partial charge in [-0.05, 0) is 81.4 Å². The topological polar surface area (TPSA) is 162 Å². The number of nitrogens with one attached hydrogen (secondary N) is 1. The molecule has 4 heterocycles. The van der Waals surface area contributed by atoms with Crippen molar-refractivity contribution in [2.24, 2.45) is 23.2 Å². The number of carbonyl (C=O) groups excluding carboxylic acids is 4. The van der Waals surface area contributed by atoms with Gasteiger partial charge in [0.05, 0.1) is 42.0 Å². The summed E-state index contributed by atoms with van der Waals surface area (Å²) in [5.74, 6) is -1.39. The molecule has 13 nitrogen and oxygen atoms in total. The lowest BCUT2D eigenvalue weighted by Gasteiger charge is -2.32. The van der Waals surface area contributed by atoms with Gasteiger partial charge in [-0.1, -0.05) is 31.1 Å². The molecular formula is C43H54N4O9S. The molecule has 57 heavy (non-hydrogen) atoms. The maximum absolute atomic E-state index is 15.0. The molecule has 3 amide bonds. The van der Waals surface area contributed by atoms with Gasteiger partial charge in [0.15, 0.2) is 5.78 Å². The summed E-state index contributed by atoms with van der Waals surface area (Å²) in [7, 11) is -2.26. The lowest BCUT2D eigenvalue weighted by Crippen LogP contribution is -2.48. The number of hydrogen-bond acceptors (Lipinski definition) is 10. The number of rotatable bonds is 9. The van der Waals surface area contributed by atoms with Crippen LogP contribution in [0.25, 0.3) is 17.0 Å². The fourth-order valence-electron chi connectivity index (χ4n) is 9.48. The van der Waals surface area contributed by atoms with Crippen molar-refractivity contribution < 1.29 is 41.8 Å². The second-order valence-electron chi connectivity index (χ2n) is 17.0. The number of allylic oxidation sites excluding steroid dienone is 2. The molecule has 1 aromatic heterocycles. The minimum Gasteiger partial charge on any atom is -0.497 e. The van der Waals surface area contributed by atoms with Crippen molar-refractivity contribution in [3.63, 3.8) is 0 Å². The number of carbonyl (C=O) groups is 4. The quantitative estimate of drug-likeness (QED) is 0.343. The van der Waals surface area contributed by atoms with Gasteiger partial charge in [-0.2, -0.15) is 0 Å². The molecule has 1 N–H and O–H groups in total. The predicted octanol–water partition coefficient (Wildman–Crippen LogP) is 4.97. The lowest BCUT2D eigenvalue weighted by molar-refractivity contribution is -0.146. The molecule has 3 saturated carbocycles. The molecule has 2 aromatic rings. The minimum absolute atomic E-state index is 0.00636. The van der Waals surface area contributed by atoms with E-state index in [4.69, 9.17) is 19.2 Å². The van der Waals surface area contributed by atoms with Gasteiger partial charge >= 0.3 is 0 Å². The van der Waals surface area contributed by atoms with E-state index in [0.29, 0.717) is 49.7 Å². The second-order valence-corrected chi connectivity index (χ2v) is 18.9. The molecular weight excluding hydrogens is 749 g/mol. The number of pyridine rings is 1. The van der Waals surface area contributed by atoms with Crippen LogP contribution in [-0.2, 0) is 33.9 Å². The van der Waals surface area contributed by atoms with Crippen LogP contribution in [0.4, 0.5) is 0 Å². The van der Waals surface area contributed by atoms with E-state index in [-0.39, 0.29) is 67.8 Å². The highest BCUT2D eigenvalue weighted by atomic mass is 32.2. The fraction of sp³-hybridized carbons (Fsp3) is 0.605. The highest BCUT2D eigenvalue weighted by Gasteiger charge is 2.61. The summed E-state index contributed by atoms with van der Waals surface area (Å²) in [4.78, 5) is 65.6. The summed E-state index contributed by atoms with van der Waals surface area (Å²) in [5.41, 5.74) is 0.139. The third-order valence-electron chi connectivity index (χ3n) is 13.1. The van der Waals surface area contributed by atoms with E-state index in [9.17, 15) is 27.6 Å². The van der Waals surface area contributed by atoms with E-state index in [0.717, 1.165) is 55.9 Å². The molecule has 14 heteroatoms. The third kappa shape index (κ3) is 8.35. The number of methoxy groups -OCH3 is 1. The first-order valence-electron chi connectivity index (χ1n) is 20.7. The van der Waals surface area contributed by atoms with Crippen LogP contribution in [0.15, 0.2) is 43.0 Å². The molecule has 3 aliphatic carbocycles. The fourth-order valence-corrected chi connectivity index (χ4v) is 10.9. The summed E-state index contributed by atoms with van der Waals surface area (Å²) in [6.45, 7) is 5.59. The number of aromatic nitrogens is 1. The number of nitrogens with zero attached hydrogens (tertiary/aromatic N) is 3. The number of sulfonamides is 1. The Morgan fingerprint density at radius 3 is 2.61 bits per heavy atom. The maximum atomic E-state index is 15.0. The van der Waals surface area contributed by atoms with Crippen molar-refractivity contribution in [2.45, 2.75) is 107 Å². The first-order valence-corrected chi connectivity index (χ1v) is 22.3. The Hall–Kier alpha value is -4.30. The largest absolute Gasteiger partial charge is 0.497 e. The molecule has 3 aliphatic heterocycles. The van der Waals surface area contributed by atoms with Gasteiger partial charge in [0.2, 0.25) is 33.6 Å². The van der Waals surface area contributed by atoms with Gasteiger partial charge < -0.3 is 24.0 Å². The Morgan fingerprint density at radius 1 is 1.07 bits per heavy atom. The zero-order valence-electron chi connectivity index (χ0n) is 32.7. The number of benzene rings is 1. The van der Waals surface area contributed by atoms with Crippen molar-refractivity contribution >= 4 is 50.5 Å². The molecule has 0 spiro atoms. The monoisotopic (exact) mass is 802 g/mol. The zero-order chi connectivity index (χ0) is 39.9. The van der Waals surface area contributed by atoms with Crippen molar-refractivity contribution in [1.82, 2.24) is 19.5 Å². The van der Waals surface area contributed by atoms with Crippen LogP contribution in [0.5, 0.6) is 11.6 Å². The van der Waals surface area contributed by atoms with Crippen molar-refractivity contribution in [3.05, 3.63) is 48.6 Å². The predicted molar refractivity (Wildman–Crippen MR) is 213 cm³/mol. The van der Waals surface area contributed by atoms with Gasteiger partial charge in [0.1, 0.15) is 11.9 Å². The minimum atomic E-state index is -3.85. The van der Waals surface area contributed by atoms with Gasteiger partial charge in [0.25, 0.3) is 0 Å². The van der Waals surface area contributed by atoms with Crippen LogP contribution >= 0.6 is 0 Å². The van der Waals surface area contributed by atoms with Crippen LogP contribution in [0.3, 0.4) is 0 Å². The highest BCUT2D eigenvalue weighted by molar-refractivity contribution is 7.90. The molecule has 4 bridgehead atoms. The summed E-state index contributed by atoms with van der Waals surface area (Å²) in [6, 6.07) is 6.69. The van der Waals surface area contributed by atoms with E-state index >= 15 is 0 Å². The number of hydrogen-bond donors (Lipinski definition) is 1. The average Bonchev–Trinajstić information content (AvgIpc) is 3.97. The number of ketones is 1. The summed E-state index contributed by atoms with van der Waals surface area (Å²) in [6.07, 6.45) is 12.0. The average molecular weight is 803 g/mol. The standard InChI is InChI=1S/C43H54N4O9S/c1-3-30-23-43(30,42(51)45-57(52,53)34-14-15-34)24-38(48)37-21-33-26-47(37)41(50)35(27-9-6-7-10-27)22-39(49)46-17-16-32(25-46)55-18-8-4-5-11-29-19-28-12-13-31(54-2)20-36(28)44-40(29)56-33/h3,5,11-13,19-20,27,30,32-35,37H,1,4,6-10,14-18,21-26H2,2H3,(H,45,51)/b11-5+/t30-,32-,33-,35+,37+,43-/m1/s1. The Balaban J connectivity index is 1.14. The van der Waals surface area contributed by atoms with Gasteiger partial charge in [-0.3, -0.25) is 23.9 Å². The smallest absolute Gasteiger partial charge is 0.240 e. The molecule has 6 aliphatic rings. The molecule has 6 atom stereocenters. The molecule has 0 radical (unpaired) electrons. The maximum Gasteiger partial charge on any atom is 0.240 e. The lowest BCUT2D eigenvalue weighted by atomic mass is 9.85. The highest BCUT2D eigenvalue weighted by Crippen LogP contribution is 2.57. The Bertz CT molecular complexity index is 2060. The molecule has 0 unspecified atom stereocenters. The van der Waals surface area contributed by atoms with E-state index in [1.54, 1.807) is 18.1 Å². The van der Waals surface area contributed by atoms with E-state index in [2.05, 4.69) is 17.4 Å². The number of fused-ring (bicyclic) bond motifs is 6. The van der Waals surface area contributed by atoms with E-state index in [1.807, 2.05) is 35.2 Å². The van der Waals surface area contributed by atoms with Crippen molar-refractivity contribution in [2.75, 3.05) is 33.4 Å². The van der Waals surface area contributed by atoms with Crippen LogP contribution in [0, 0.1) is 23.2 Å². The van der Waals surface area contributed by atoms with Gasteiger partial charge in [-0.15, -0.1) is 6.58 Å². The van der Waals surface area contributed by atoms with Crippen molar-refractivity contribution in [1.29, 1.82) is 0 Å². The third-order valence-corrected chi connectivity index (χ3v) is 14.9. The normalized spacial score (nSPS) is 30.5. The summed E-state index contributed by atoms with van der Waals surface area (Å²) in [5, 5.41) is 0.293. The Kier molecular flexibility index (Phi) is 11.2. The summed E-state index contributed by atoms with van der Waals surface area (Å²) >= 11 is 0. The van der Waals surface area contributed by atoms with Crippen LogP contribution in [0.1, 0.15) is 89.0 Å². The van der Waals surface area contributed by atoms with Crippen LogP contribution in [0.2, 0.25) is 0 Å². The summed E-state index contributed by atoms with van der Waals surface area (Å²) < 4.78 is 46.3. The number of amides is 3. The zero-order valence-corrected chi connectivity index (χ0v) is 33.6. The number of ether oxygens (including phenoxy) is 3. The molecule has 2 saturated heterocycles. The van der Waals surface area contributed by atoms with E-state index < -0.39 is 44.7 Å². The number of Topliss-reactive ketones (excluding diaryl/α,β-unsaturated/α-hetero) is 1. The first-order chi connectivity index (χ1) is 27.5. The van der Waals surface area contributed by atoms with Gasteiger partial charge in [0, 0.05) is 61.9 Å².